The molecule has 2 heterocycles. The van der Waals surface area contributed by atoms with Crippen molar-refractivity contribution in [1.82, 2.24) is 5.32 Å². The lowest BCUT2D eigenvalue weighted by Crippen LogP contribution is -2.40. The van der Waals surface area contributed by atoms with Gasteiger partial charge >= 0.3 is 0 Å². The molecule has 1 aromatic rings. The van der Waals surface area contributed by atoms with Crippen LogP contribution in [0.3, 0.4) is 0 Å². The second-order valence-electron chi connectivity index (χ2n) is 3.81. The third kappa shape index (κ3) is 3.33. The Labute approximate surface area is 122 Å². The van der Waals surface area contributed by atoms with Crippen LogP contribution < -0.4 is 5.32 Å². The van der Waals surface area contributed by atoms with E-state index >= 15 is 0 Å². The van der Waals surface area contributed by atoms with Crippen LogP contribution in [-0.4, -0.2) is 37.2 Å². The molecule has 2 atom stereocenters. The highest BCUT2D eigenvalue weighted by Crippen LogP contribution is 2.20. The molecule has 4 nitrogen and oxygen atoms in total. The van der Waals surface area contributed by atoms with E-state index in [1.54, 1.807) is 11.4 Å². The summed E-state index contributed by atoms with van der Waals surface area (Å²) in [6, 6.07) is 1.26. The van der Waals surface area contributed by atoms with Gasteiger partial charge in [-0.05, 0) is 28.7 Å². The van der Waals surface area contributed by atoms with E-state index in [2.05, 4.69) is 27.9 Å². The zero-order valence-electron chi connectivity index (χ0n) is 8.52. The highest BCUT2D eigenvalue weighted by atomic mass is 127. The molecule has 1 aromatic heterocycles. The Morgan fingerprint density at radius 2 is 2.24 bits per heavy atom. The topological polar surface area (TPSA) is 63.2 Å². The van der Waals surface area contributed by atoms with Gasteiger partial charge in [0.05, 0.1) is 31.4 Å². The molecule has 2 rings (SSSR count). The summed E-state index contributed by atoms with van der Waals surface area (Å²) in [6.07, 6.45) is 0. The molecule has 1 N–H and O–H groups in total. The molecule has 2 unspecified atom stereocenters. The van der Waals surface area contributed by atoms with Gasteiger partial charge < -0.3 is 5.32 Å². The third-order valence-corrected chi connectivity index (χ3v) is 6.59. The summed E-state index contributed by atoms with van der Waals surface area (Å²) in [6.45, 7) is 0. The SMILES string of the molecule is O=C(NC1CS(=O)(=O)CC1Cl)c1csc(I)c1. The van der Waals surface area contributed by atoms with Crippen molar-refractivity contribution in [3.63, 3.8) is 0 Å². The average Bonchev–Trinajstić information content (AvgIpc) is 2.71. The van der Waals surface area contributed by atoms with Gasteiger partial charge in [-0.25, -0.2) is 8.42 Å². The summed E-state index contributed by atoms with van der Waals surface area (Å²) in [7, 11) is -3.11. The predicted molar refractivity (Wildman–Crippen MR) is 76.6 cm³/mol. The molecule has 94 valence electrons. The van der Waals surface area contributed by atoms with Crippen LogP contribution in [0.5, 0.6) is 0 Å². The Kier molecular flexibility index (Phi) is 4.01. The fourth-order valence-electron chi connectivity index (χ4n) is 1.62. The lowest BCUT2D eigenvalue weighted by Gasteiger charge is -2.13. The van der Waals surface area contributed by atoms with Gasteiger partial charge in [-0.2, -0.15) is 0 Å². The largest absolute Gasteiger partial charge is 0.347 e. The first kappa shape index (κ1) is 13.6. The van der Waals surface area contributed by atoms with Crippen molar-refractivity contribution in [3.05, 3.63) is 19.9 Å². The number of sulfone groups is 1. The number of hydrogen-bond acceptors (Lipinski definition) is 4. The van der Waals surface area contributed by atoms with Gasteiger partial charge in [-0.1, -0.05) is 0 Å². The Morgan fingerprint density at radius 3 is 2.71 bits per heavy atom. The number of hydrogen-bond donors (Lipinski definition) is 1. The molecule has 0 aromatic carbocycles. The van der Waals surface area contributed by atoms with Crippen LogP contribution in [0.2, 0.25) is 0 Å². The fourth-order valence-corrected chi connectivity index (χ4v) is 5.49. The van der Waals surface area contributed by atoms with Crippen molar-refractivity contribution in [2.24, 2.45) is 0 Å². The van der Waals surface area contributed by atoms with Gasteiger partial charge in [0.1, 0.15) is 0 Å². The number of alkyl halides is 1. The molecular weight excluding hydrogens is 397 g/mol. The van der Waals surface area contributed by atoms with E-state index in [9.17, 15) is 13.2 Å². The summed E-state index contributed by atoms with van der Waals surface area (Å²) >= 11 is 9.50. The van der Waals surface area contributed by atoms with E-state index in [4.69, 9.17) is 11.6 Å². The maximum Gasteiger partial charge on any atom is 0.252 e. The molecule has 1 saturated heterocycles. The molecule has 1 aliphatic heterocycles. The maximum absolute atomic E-state index is 11.8. The minimum absolute atomic E-state index is 0.0688. The van der Waals surface area contributed by atoms with Crippen LogP contribution >= 0.6 is 45.5 Å². The van der Waals surface area contributed by atoms with Crippen LogP contribution in [0, 0.1) is 2.88 Å². The van der Waals surface area contributed by atoms with E-state index in [-0.39, 0.29) is 17.4 Å². The second kappa shape index (κ2) is 5.02. The molecule has 8 heteroatoms. The molecule has 0 saturated carbocycles. The Bertz CT molecular complexity index is 542. The molecule has 1 aliphatic rings. The highest BCUT2D eigenvalue weighted by molar-refractivity contribution is 14.1. The van der Waals surface area contributed by atoms with Gasteiger partial charge in [0, 0.05) is 5.38 Å². The number of nitrogens with one attached hydrogen (secondary N) is 1. The van der Waals surface area contributed by atoms with E-state index in [1.165, 1.54) is 11.3 Å². The van der Waals surface area contributed by atoms with Crippen molar-refractivity contribution in [3.8, 4) is 0 Å². The smallest absolute Gasteiger partial charge is 0.252 e. The molecular formula is C9H9ClINO3S2. The van der Waals surface area contributed by atoms with Gasteiger partial charge in [-0.3, -0.25) is 4.79 Å². The van der Waals surface area contributed by atoms with Crippen LogP contribution in [0.1, 0.15) is 10.4 Å². The average molecular weight is 406 g/mol. The van der Waals surface area contributed by atoms with Crippen LogP contribution in [-0.2, 0) is 9.84 Å². The summed E-state index contributed by atoms with van der Waals surface area (Å²) in [4.78, 5) is 11.8. The molecule has 1 amide bonds. The summed E-state index contributed by atoms with van der Waals surface area (Å²) < 4.78 is 23.7. The molecule has 17 heavy (non-hydrogen) atoms. The molecule has 0 aliphatic carbocycles. The van der Waals surface area contributed by atoms with E-state index in [0.29, 0.717) is 5.56 Å². The van der Waals surface area contributed by atoms with Crippen LogP contribution in [0.15, 0.2) is 11.4 Å². The molecule has 0 radical (unpaired) electrons. The zero-order valence-corrected chi connectivity index (χ0v) is 13.1. The van der Waals surface area contributed by atoms with Crippen molar-refractivity contribution in [2.45, 2.75) is 11.4 Å². The van der Waals surface area contributed by atoms with Gasteiger partial charge in [0.25, 0.3) is 5.91 Å². The normalized spacial score (nSPS) is 26.9. The predicted octanol–water partition coefficient (Wildman–Crippen LogP) is 1.49. The standard InChI is InChI=1S/C9H9ClINO3S2/c10-6-3-17(14,15)4-7(6)12-9(13)5-1-8(11)16-2-5/h1-2,6-7H,3-4H2,(H,12,13). The van der Waals surface area contributed by atoms with E-state index in [1.807, 2.05) is 0 Å². The zero-order chi connectivity index (χ0) is 12.6. The fraction of sp³-hybridized carbons (Fsp3) is 0.444. The first-order valence-electron chi connectivity index (χ1n) is 4.77. The summed E-state index contributed by atoms with van der Waals surface area (Å²) in [5.41, 5.74) is 0.549. The summed E-state index contributed by atoms with van der Waals surface area (Å²) in [5.74, 6) is -0.411. The number of thiophene rings is 1. The minimum atomic E-state index is -3.11. The number of carbonyl (C=O) groups is 1. The number of halogens is 2. The Morgan fingerprint density at radius 1 is 1.53 bits per heavy atom. The van der Waals surface area contributed by atoms with Crippen molar-refractivity contribution in [2.75, 3.05) is 11.5 Å². The van der Waals surface area contributed by atoms with Gasteiger partial charge in [0.15, 0.2) is 9.84 Å². The third-order valence-electron chi connectivity index (χ3n) is 2.43. The Hall–Kier alpha value is 0.140. The number of carbonyl (C=O) groups excluding carboxylic acids is 1. The summed E-state index contributed by atoms with van der Waals surface area (Å²) in [5, 5.41) is 3.87. The number of amides is 1. The van der Waals surface area contributed by atoms with Crippen molar-refractivity contribution in [1.29, 1.82) is 0 Å². The lowest BCUT2D eigenvalue weighted by atomic mass is 10.2. The maximum atomic E-state index is 11.8. The monoisotopic (exact) mass is 405 g/mol. The lowest BCUT2D eigenvalue weighted by molar-refractivity contribution is 0.0942. The van der Waals surface area contributed by atoms with Crippen molar-refractivity contribution >= 4 is 61.3 Å². The quantitative estimate of drug-likeness (QED) is 0.599. The molecule has 0 spiro atoms. The Balaban J connectivity index is 2.05. The first-order chi connectivity index (χ1) is 7.87. The van der Waals surface area contributed by atoms with Crippen LogP contribution in [0.25, 0.3) is 0 Å². The van der Waals surface area contributed by atoms with Gasteiger partial charge in [-0.15, -0.1) is 22.9 Å². The molecule has 0 bridgehead atoms. The van der Waals surface area contributed by atoms with Gasteiger partial charge in [0.2, 0.25) is 0 Å². The highest BCUT2D eigenvalue weighted by Gasteiger charge is 2.37. The number of rotatable bonds is 2. The minimum Gasteiger partial charge on any atom is -0.347 e. The second-order valence-corrected chi connectivity index (χ2v) is 9.33. The van der Waals surface area contributed by atoms with Crippen LogP contribution in [0.4, 0.5) is 0 Å². The molecule has 1 fully saturated rings. The van der Waals surface area contributed by atoms with Crippen molar-refractivity contribution < 1.29 is 13.2 Å². The van der Waals surface area contributed by atoms with E-state index in [0.717, 1.165) is 2.88 Å². The van der Waals surface area contributed by atoms with E-state index < -0.39 is 21.3 Å². The first-order valence-corrected chi connectivity index (χ1v) is 8.98.